The quantitative estimate of drug-likeness (QED) is 0.813. The van der Waals surface area contributed by atoms with Crippen LogP contribution in [0.5, 0.6) is 0 Å². The van der Waals surface area contributed by atoms with E-state index in [0.29, 0.717) is 12.1 Å². The van der Waals surface area contributed by atoms with Crippen molar-refractivity contribution in [2.45, 2.75) is 37.8 Å². The first-order valence-electron chi connectivity index (χ1n) is 6.03. The van der Waals surface area contributed by atoms with Crippen LogP contribution < -0.4 is 5.32 Å². The van der Waals surface area contributed by atoms with Crippen LogP contribution in [0.3, 0.4) is 0 Å². The van der Waals surface area contributed by atoms with Gasteiger partial charge in [0.05, 0.1) is 6.10 Å². The lowest BCUT2D eigenvalue weighted by Gasteiger charge is -2.19. The van der Waals surface area contributed by atoms with E-state index in [-0.39, 0.29) is 0 Å². The summed E-state index contributed by atoms with van der Waals surface area (Å²) in [5, 5.41) is 3.57. The lowest BCUT2D eigenvalue weighted by Crippen LogP contribution is -2.38. The summed E-state index contributed by atoms with van der Waals surface area (Å²) in [7, 11) is 3.85. The van der Waals surface area contributed by atoms with E-state index in [1.807, 2.05) is 26.6 Å². The van der Waals surface area contributed by atoms with Crippen LogP contribution >= 0.6 is 0 Å². The third kappa shape index (κ3) is 2.62. The fourth-order valence-corrected chi connectivity index (χ4v) is 2.45. The van der Waals surface area contributed by atoms with Crippen molar-refractivity contribution in [3.63, 3.8) is 0 Å². The molecule has 1 fully saturated rings. The number of methoxy groups -OCH3 is 1. The van der Waals surface area contributed by atoms with Crippen LogP contribution in [0.1, 0.15) is 25.1 Å². The molecule has 90 valence electrons. The molecule has 1 aromatic rings. The average Bonchev–Trinajstić information content (AvgIpc) is 2.88. The summed E-state index contributed by atoms with van der Waals surface area (Å²) in [5.41, 5.74) is 0. The minimum Gasteiger partial charge on any atom is -0.380 e. The molecular formula is C12H21N3O. The molecule has 2 unspecified atom stereocenters. The SMILES string of the molecule is COC1CCCC1NCCc1nccn1C. The van der Waals surface area contributed by atoms with E-state index in [0.717, 1.165) is 18.8 Å². The zero-order valence-electron chi connectivity index (χ0n) is 10.1. The number of aromatic nitrogens is 2. The van der Waals surface area contributed by atoms with Crippen LogP contribution in [-0.2, 0) is 18.2 Å². The summed E-state index contributed by atoms with van der Waals surface area (Å²) in [6, 6.07) is 0.533. The first-order chi connectivity index (χ1) is 7.81. The Labute approximate surface area is 97.0 Å². The molecule has 0 spiro atoms. The van der Waals surface area contributed by atoms with Crippen LogP contribution in [0.25, 0.3) is 0 Å². The number of nitrogens with zero attached hydrogens (tertiary/aromatic N) is 2. The molecule has 0 aromatic carbocycles. The molecule has 1 N–H and O–H groups in total. The normalized spacial score (nSPS) is 25.1. The third-order valence-corrected chi connectivity index (χ3v) is 3.43. The van der Waals surface area contributed by atoms with Crippen LogP contribution in [0, 0.1) is 0 Å². The van der Waals surface area contributed by atoms with E-state index in [1.54, 1.807) is 0 Å². The van der Waals surface area contributed by atoms with E-state index < -0.39 is 0 Å². The molecule has 2 atom stereocenters. The minimum atomic E-state index is 0.404. The van der Waals surface area contributed by atoms with Crippen LogP contribution in [0.2, 0.25) is 0 Å². The average molecular weight is 223 g/mol. The van der Waals surface area contributed by atoms with Gasteiger partial charge in [-0.25, -0.2) is 4.98 Å². The molecule has 1 aromatic heterocycles. The van der Waals surface area contributed by atoms with Gasteiger partial charge in [-0.2, -0.15) is 0 Å². The summed E-state index contributed by atoms with van der Waals surface area (Å²) in [5.74, 6) is 1.14. The van der Waals surface area contributed by atoms with Gasteiger partial charge in [-0.05, 0) is 19.3 Å². The van der Waals surface area contributed by atoms with Gasteiger partial charge in [0.2, 0.25) is 0 Å². The van der Waals surface area contributed by atoms with Crippen LogP contribution in [0.15, 0.2) is 12.4 Å². The number of aryl methyl sites for hydroxylation is 1. The molecule has 0 bridgehead atoms. The highest BCUT2D eigenvalue weighted by molar-refractivity contribution is 4.92. The number of hydrogen-bond donors (Lipinski definition) is 1. The van der Waals surface area contributed by atoms with Crippen molar-refractivity contribution in [3.05, 3.63) is 18.2 Å². The van der Waals surface area contributed by atoms with Gasteiger partial charge >= 0.3 is 0 Å². The van der Waals surface area contributed by atoms with Gasteiger partial charge in [-0.15, -0.1) is 0 Å². The summed E-state index contributed by atoms with van der Waals surface area (Å²) in [4.78, 5) is 4.31. The molecule has 1 aliphatic rings. The highest BCUT2D eigenvalue weighted by Gasteiger charge is 2.26. The molecule has 16 heavy (non-hydrogen) atoms. The predicted octanol–water partition coefficient (Wildman–Crippen LogP) is 1.12. The second-order valence-corrected chi connectivity index (χ2v) is 4.47. The predicted molar refractivity (Wildman–Crippen MR) is 63.4 cm³/mol. The lowest BCUT2D eigenvalue weighted by atomic mass is 10.2. The van der Waals surface area contributed by atoms with E-state index in [1.165, 1.54) is 19.3 Å². The molecule has 0 amide bonds. The fourth-order valence-electron chi connectivity index (χ4n) is 2.45. The summed E-state index contributed by atoms with van der Waals surface area (Å²) in [6.45, 7) is 0.982. The van der Waals surface area contributed by atoms with Gasteiger partial charge in [0.1, 0.15) is 5.82 Å². The van der Waals surface area contributed by atoms with Gasteiger partial charge in [0.15, 0.2) is 0 Å². The Hall–Kier alpha value is -0.870. The zero-order valence-corrected chi connectivity index (χ0v) is 10.1. The maximum Gasteiger partial charge on any atom is 0.109 e. The van der Waals surface area contributed by atoms with Crippen molar-refractivity contribution in [3.8, 4) is 0 Å². The Morgan fingerprint density at radius 2 is 2.44 bits per heavy atom. The molecule has 1 heterocycles. The van der Waals surface area contributed by atoms with Gasteiger partial charge < -0.3 is 14.6 Å². The number of nitrogens with one attached hydrogen (secondary N) is 1. The Morgan fingerprint density at radius 3 is 3.12 bits per heavy atom. The summed E-state index contributed by atoms with van der Waals surface area (Å²) < 4.78 is 7.53. The summed E-state index contributed by atoms with van der Waals surface area (Å²) in [6.07, 6.45) is 8.93. The maximum absolute atomic E-state index is 5.45. The molecule has 4 nitrogen and oxygen atoms in total. The zero-order chi connectivity index (χ0) is 11.4. The first-order valence-corrected chi connectivity index (χ1v) is 6.03. The highest BCUT2D eigenvalue weighted by Crippen LogP contribution is 2.21. The minimum absolute atomic E-state index is 0.404. The molecule has 1 saturated carbocycles. The van der Waals surface area contributed by atoms with Gasteiger partial charge in [0, 0.05) is 45.6 Å². The maximum atomic E-state index is 5.45. The van der Waals surface area contributed by atoms with Crippen molar-refractivity contribution in [1.82, 2.24) is 14.9 Å². The standard InChI is InChI=1S/C12H21N3O/c1-15-9-8-14-12(15)6-7-13-10-4-3-5-11(10)16-2/h8-11,13H,3-7H2,1-2H3. The van der Waals surface area contributed by atoms with Crippen molar-refractivity contribution in [2.75, 3.05) is 13.7 Å². The fraction of sp³-hybridized carbons (Fsp3) is 0.750. The largest absolute Gasteiger partial charge is 0.380 e. The molecule has 4 heteroatoms. The van der Waals surface area contributed by atoms with Gasteiger partial charge in [-0.1, -0.05) is 0 Å². The smallest absolute Gasteiger partial charge is 0.109 e. The van der Waals surface area contributed by atoms with Crippen molar-refractivity contribution in [1.29, 1.82) is 0 Å². The second-order valence-electron chi connectivity index (χ2n) is 4.47. The Morgan fingerprint density at radius 1 is 1.56 bits per heavy atom. The highest BCUT2D eigenvalue weighted by atomic mass is 16.5. The van der Waals surface area contributed by atoms with E-state index >= 15 is 0 Å². The summed E-state index contributed by atoms with van der Waals surface area (Å²) >= 11 is 0. The van der Waals surface area contributed by atoms with Crippen LogP contribution in [-0.4, -0.2) is 35.4 Å². The number of hydrogen-bond acceptors (Lipinski definition) is 3. The van der Waals surface area contributed by atoms with Crippen molar-refractivity contribution < 1.29 is 4.74 Å². The van der Waals surface area contributed by atoms with Gasteiger partial charge in [-0.3, -0.25) is 0 Å². The first kappa shape index (κ1) is 11.6. The Kier molecular flexibility index (Phi) is 3.96. The van der Waals surface area contributed by atoms with Crippen LogP contribution in [0.4, 0.5) is 0 Å². The molecule has 0 radical (unpaired) electrons. The van der Waals surface area contributed by atoms with E-state index in [4.69, 9.17) is 4.74 Å². The Balaban J connectivity index is 1.74. The molecule has 2 rings (SSSR count). The van der Waals surface area contributed by atoms with E-state index in [2.05, 4.69) is 14.9 Å². The molecule has 0 aliphatic heterocycles. The number of ether oxygens (including phenoxy) is 1. The molecular weight excluding hydrogens is 202 g/mol. The number of rotatable bonds is 5. The van der Waals surface area contributed by atoms with Gasteiger partial charge in [0.25, 0.3) is 0 Å². The lowest BCUT2D eigenvalue weighted by molar-refractivity contribution is 0.0854. The van der Waals surface area contributed by atoms with Crippen molar-refractivity contribution >= 4 is 0 Å². The topological polar surface area (TPSA) is 39.1 Å². The second kappa shape index (κ2) is 5.46. The monoisotopic (exact) mass is 223 g/mol. The third-order valence-electron chi connectivity index (χ3n) is 3.43. The Bertz CT molecular complexity index is 324. The molecule has 1 aliphatic carbocycles. The molecule has 0 saturated heterocycles. The number of imidazole rings is 1. The van der Waals surface area contributed by atoms with Crippen molar-refractivity contribution in [2.24, 2.45) is 7.05 Å². The van der Waals surface area contributed by atoms with E-state index in [9.17, 15) is 0 Å².